The van der Waals surface area contributed by atoms with Gasteiger partial charge in [0.05, 0.1) is 17.0 Å². The van der Waals surface area contributed by atoms with Gasteiger partial charge in [0.25, 0.3) is 5.76 Å². The predicted molar refractivity (Wildman–Crippen MR) is 112 cm³/mol. The number of carbonyl (C=O) groups excluding carboxylic acids is 1. The molecule has 0 spiro atoms. The second kappa shape index (κ2) is 10.6. The second-order valence-corrected chi connectivity index (χ2v) is 6.89. The summed E-state index contributed by atoms with van der Waals surface area (Å²) in [5.74, 6) is -3.52. The molecule has 0 atom stereocenters. The maximum atomic E-state index is 13.6. The molecule has 3 rings (SSSR count). The Morgan fingerprint density at radius 3 is 2.58 bits per heavy atom. The Morgan fingerprint density at radius 1 is 1.12 bits per heavy atom. The Balaban J connectivity index is 1.88. The normalized spacial score (nSPS) is 11.4. The first-order chi connectivity index (χ1) is 15.7. The zero-order valence-electron chi connectivity index (χ0n) is 17.2. The van der Waals surface area contributed by atoms with Gasteiger partial charge in [0.15, 0.2) is 6.61 Å². The number of halogens is 4. The highest BCUT2D eigenvalue weighted by molar-refractivity contribution is 6.32. The number of hydrogen-bond donors (Lipinski definition) is 0. The van der Waals surface area contributed by atoms with E-state index < -0.39 is 41.3 Å². The molecule has 0 radical (unpaired) electrons. The zero-order valence-corrected chi connectivity index (χ0v) is 18.0. The van der Waals surface area contributed by atoms with Crippen LogP contribution in [0.15, 0.2) is 51.7 Å². The van der Waals surface area contributed by atoms with Gasteiger partial charge in [-0.25, -0.2) is 4.79 Å². The molecule has 1 aromatic heterocycles. The summed E-state index contributed by atoms with van der Waals surface area (Å²) < 4.78 is 66.3. The van der Waals surface area contributed by atoms with Crippen LogP contribution in [0.4, 0.5) is 13.2 Å². The van der Waals surface area contributed by atoms with E-state index in [0.29, 0.717) is 6.61 Å². The van der Waals surface area contributed by atoms with Crippen LogP contribution in [0.25, 0.3) is 11.0 Å². The molecule has 33 heavy (non-hydrogen) atoms. The Hall–Kier alpha value is -3.24. The van der Waals surface area contributed by atoms with Crippen molar-refractivity contribution in [3.63, 3.8) is 0 Å². The van der Waals surface area contributed by atoms with E-state index >= 15 is 0 Å². The lowest BCUT2D eigenvalue weighted by Gasteiger charge is -2.14. The van der Waals surface area contributed by atoms with Crippen LogP contribution in [0.3, 0.4) is 0 Å². The standard InChI is InChI=1S/C22H18ClF3O7/c1-2-29-9-10-30-18(27)12-31-13-7-8-14-17(11-13)33-21(22(24,25)26)20(19(14)28)32-16-6-4-3-5-15(16)23/h3-8,11H,2,9-10,12H2,1H3. The van der Waals surface area contributed by atoms with Crippen LogP contribution in [0.2, 0.25) is 5.02 Å². The van der Waals surface area contributed by atoms with Gasteiger partial charge < -0.3 is 23.4 Å². The minimum absolute atomic E-state index is 0.000282. The molecule has 2 aromatic carbocycles. The SMILES string of the molecule is CCOCCOC(=O)COc1ccc2c(=O)c(Oc3ccccc3Cl)c(C(F)(F)F)oc2c1. The third kappa shape index (κ3) is 6.17. The summed E-state index contributed by atoms with van der Waals surface area (Å²) in [7, 11) is 0. The fourth-order valence-electron chi connectivity index (χ4n) is 2.71. The van der Waals surface area contributed by atoms with E-state index in [4.69, 9.17) is 35.0 Å². The minimum atomic E-state index is -5.04. The van der Waals surface area contributed by atoms with Gasteiger partial charge in [-0.05, 0) is 31.2 Å². The van der Waals surface area contributed by atoms with E-state index in [1.807, 2.05) is 0 Å². The molecule has 0 unspecified atom stereocenters. The molecule has 11 heteroatoms. The zero-order chi connectivity index (χ0) is 24.0. The monoisotopic (exact) mass is 486 g/mol. The van der Waals surface area contributed by atoms with Crippen LogP contribution in [-0.4, -0.2) is 32.4 Å². The maximum Gasteiger partial charge on any atom is 0.453 e. The largest absolute Gasteiger partial charge is 0.482 e. The Bertz CT molecular complexity index is 1190. The Kier molecular flexibility index (Phi) is 7.83. The number of esters is 1. The third-order valence-electron chi connectivity index (χ3n) is 4.18. The number of alkyl halides is 3. The van der Waals surface area contributed by atoms with Crippen molar-refractivity contribution >= 4 is 28.5 Å². The van der Waals surface area contributed by atoms with Crippen LogP contribution < -0.4 is 14.9 Å². The predicted octanol–water partition coefficient (Wildman–Crippen LogP) is 5.22. The molecule has 1 heterocycles. The number of benzene rings is 2. The number of para-hydroxylation sites is 1. The highest BCUT2D eigenvalue weighted by Crippen LogP contribution is 2.39. The van der Waals surface area contributed by atoms with E-state index in [9.17, 15) is 22.8 Å². The van der Waals surface area contributed by atoms with Crippen molar-refractivity contribution in [2.24, 2.45) is 0 Å². The molecule has 0 N–H and O–H groups in total. The first-order valence-corrected chi connectivity index (χ1v) is 10.0. The van der Waals surface area contributed by atoms with E-state index in [0.717, 1.165) is 6.07 Å². The first-order valence-electron chi connectivity index (χ1n) is 9.67. The van der Waals surface area contributed by atoms with Crippen LogP contribution in [0, 0.1) is 0 Å². The number of rotatable bonds is 9. The molecule has 0 aliphatic carbocycles. The van der Waals surface area contributed by atoms with Crippen molar-refractivity contribution in [1.29, 1.82) is 0 Å². The topological polar surface area (TPSA) is 84.2 Å². The van der Waals surface area contributed by atoms with Crippen molar-refractivity contribution in [2.45, 2.75) is 13.1 Å². The maximum absolute atomic E-state index is 13.6. The average molecular weight is 487 g/mol. The van der Waals surface area contributed by atoms with Gasteiger partial charge in [-0.15, -0.1) is 0 Å². The third-order valence-corrected chi connectivity index (χ3v) is 4.49. The van der Waals surface area contributed by atoms with Crippen molar-refractivity contribution in [1.82, 2.24) is 0 Å². The Morgan fingerprint density at radius 2 is 1.88 bits per heavy atom. The fraction of sp³-hybridized carbons (Fsp3) is 0.273. The summed E-state index contributed by atoms with van der Waals surface area (Å²) in [6.45, 7) is 2.02. The summed E-state index contributed by atoms with van der Waals surface area (Å²) in [4.78, 5) is 24.5. The quantitative estimate of drug-likeness (QED) is 0.303. The van der Waals surface area contributed by atoms with Crippen molar-refractivity contribution < 1.29 is 41.3 Å². The van der Waals surface area contributed by atoms with Gasteiger partial charge in [-0.1, -0.05) is 23.7 Å². The fourth-order valence-corrected chi connectivity index (χ4v) is 2.88. The molecule has 0 fully saturated rings. The van der Waals surface area contributed by atoms with Crippen LogP contribution >= 0.6 is 11.6 Å². The van der Waals surface area contributed by atoms with E-state index in [1.165, 1.54) is 30.3 Å². The summed E-state index contributed by atoms with van der Waals surface area (Å²) in [5, 5.41) is -0.168. The van der Waals surface area contributed by atoms with E-state index in [2.05, 4.69) is 0 Å². The van der Waals surface area contributed by atoms with E-state index in [-0.39, 0.29) is 35.1 Å². The molecule has 7 nitrogen and oxygen atoms in total. The minimum Gasteiger partial charge on any atom is -0.482 e. The molecule has 0 bridgehead atoms. The summed E-state index contributed by atoms with van der Waals surface area (Å²) in [5.41, 5.74) is -1.45. The molecule has 0 amide bonds. The first kappa shape index (κ1) is 24.4. The van der Waals surface area contributed by atoms with Gasteiger partial charge in [-0.2, -0.15) is 13.2 Å². The van der Waals surface area contributed by atoms with Crippen molar-refractivity contribution in [3.05, 3.63) is 63.5 Å². The van der Waals surface area contributed by atoms with Crippen LogP contribution in [0.5, 0.6) is 17.2 Å². The number of carbonyl (C=O) groups is 1. The molecule has 0 aliphatic heterocycles. The summed E-state index contributed by atoms with van der Waals surface area (Å²) in [6.07, 6.45) is -5.04. The lowest BCUT2D eigenvalue weighted by molar-refractivity contribution is -0.154. The molecule has 0 saturated heterocycles. The number of ether oxygens (including phenoxy) is 4. The van der Waals surface area contributed by atoms with Crippen molar-refractivity contribution in [3.8, 4) is 17.2 Å². The summed E-state index contributed by atoms with van der Waals surface area (Å²) in [6, 6.07) is 9.34. The van der Waals surface area contributed by atoms with Crippen LogP contribution in [-0.2, 0) is 20.4 Å². The lowest BCUT2D eigenvalue weighted by atomic mass is 10.2. The van der Waals surface area contributed by atoms with Gasteiger partial charge in [0, 0.05) is 12.7 Å². The highest BCUT2D eigenvalue weighted by atomic mass is 35.5. The number of hydrogen-bond acceptors (Lipinski definition) is 7. The van der Waals surface area contributed by atoms with Gasteiger partial charge in [-0.3, -0.25) is 4.79 Å². The highest BCUT2D eigenvalue weighted by Gasteiger charge is 2.40. The molecule has 3 aromatic rings. The van der Waals surface area contributed by atoms with Gasteiger partial charge in [0.1, 0.15) is 23.7 Å². The van der Waals surface area contributed by atoms with E-state index in [1.54, 1.807) is 13.0 Å². The smallest absolute Gasteiger partial charge is 0.453 e. The van der Waals surface area contributed by atoms with Gasteiger partial charge >= 0.3 is 12.1 Å². The molecular weight excluding hydrogens is 469 g/mol. The van der Waals surface area contributed by atoms with Crippen molar-refractivity contribution in [2.75, 3.05) is 26.4 Å². The lowest BCUT2D eigenvalue weighted by Crippen LogP contribution is -2.18. The molecule has 176 valence electrons. The average Bonchev–Trinajstić information content (AvgIpc) is 2.77. The molecule has 0 aliphatic rings. The molecular formula is C22H18ClF3O7. The van der Waals surface area contributed by atoms with Crippen LogP contribution in [0.1, 0.15) is 12.7 Å². The second-order valence-electron chi connectivity index (χ2n) is 6.48. The summed E-state index contributed by atoms with van der Waals surface area (Å²) >= 11 is 5.94. The van der Waals surface area contributed by atoms with Gasteiger partial charge in [0.2, 0.25) is 11.2 Å². The molecule has 0 saturated carbocycles. The Labute approximate surface area is 190 Å². The number of fused-ring (bicyclic) bond motifs is 1.